The van der Waals surface area contributed by atoms with Crippen LogP contribution in [0, 0.1) is 11.3 Å². The van der Waals surface area contributed by atoms with Gasteiger partial charge in [0.25, 0.3) is 0 Å². The van der Waals surface area contributed by atoms with Crippen molar-refractivity contribution in [2.45, 2.75) is 40.7 Å². The molecule has 0 bridgehead atoms. The van der Waals surface area contributed by atoms with Crippen LogP contribution < -0.4 is 5.32 Å². The van der Waals surface area contributed by atoms with E-state index in [1.807, 2.05) is 13.8 Å². The minimum absolute atomic E-state index is 0.152. The minimum atomic E-state index is -1.17. The number of hydrogen-bond donors (Lipinski definition) is 1. The lowest BCUT2D eigenvalue weighted by molar-refractivity contribution is -0.150. The Balaban J connectivity index is 3.06. The van der Waals surface area contributed by atoms with Crippen LogP contribution in [0.5, 0.6) is 0 Å². The molecule has 5 heteroatoms. The van der Waals surface area contributed by atoms with Gasteiger partial charge in [-0.05, 0) is 26.7 Å². The summed E-state index contributed by atoms with van der Waals surface area (Å²) in [6, 6.07) is -0.838. The highest BCUT2D eigenvalue weighted by atomic mass is 16.2. The van der Waals surface area contributed by atoms with Gasteiger partial charge in [-0.1, -0.05) is 13.8 Å². The van der Waals surface area contributed by atoms with Crippen LogP contribution in [0.4, 0.5) is 4.79 Å². The normalized spacial score (nSPS) is 22.4. The molecule has 1 aliphatic rings. The van der Waals surface area contributed by atoms with E-state index in [1.54, 1.807) is 6.92 Å². The molecule has 0 aromatic carbocycles. The maximum absolute atomic E-state index is 12.1. The zero-order valence-corrected chi connectivity index (χ0v) is 10.3. The zero-order valence-electron chi connectivity index (χ0n) is 10.3. The molecular formula is C11H18N2O3. The summed E-state index contributed by atoms with van der Waals surface area (Å²) < 4.78 is 0. The van der Waals surface area contributed by atoms with Crippen molar-refractivity contribution in [2.24, 2.45) is 11.3 Å². The van der Waals surface area contributed by atoms with Crippen molar-refractivity contribution in [3.8, 4) is 0 Å². The standard InChI is InChI=1S/C11H18N2O3/c1-6(2)7(3)13-9(15)11(4,5)8(14)12-10(13)16/h6-7H,1-5H3,(H,12,14,16)/t7-/m1/s1. The first-order valence-electron chi connectivity index (χ1n) is 5.38. The molecule has 0 aromatic rings. The maximum Gasteiger partial charge on any atom is 0.331 e. The van der Waals surface area contributed by atoms with Gasteiger partial charge in [-0.15, -0.1) is 0 Å². The molecule has 16 heavy (non-hydrogen) atoms. The molecule has 1 aliphatic heterocycles. The molecule has 0 aromatic heterocycles. The van der Waals surface area contributed by atoms with E-state index in [0.717, 1.165) is 4.90 Å². The van der Waals surface area contributed by atoms with Gasteiger partial charge in [-0.25, -0.2) is 4.79 Å². The fraction of sp³-hybridized carbons (Fsp3) is 0.727. The molecule has 1 rings (SSSR count). The van der Waals surface area contributed by atoms with Crippen molar-refractivity contribution in [3.05, 3.63) is 0 Å². The zero-order chi connectivity index (χ0) is 12.7. The number of carbonyl (C=O) groups is 3. The number of carbonyl (C=O) groups excluding carboxylic acids is 3. The lowest BCUT2D eigenvalue weighted by Gasteiger charge is -2.39. The van der Waals surface area contributed by atoms with Crippen molar-refractivity contribution >= 4 is 17.8 Å². The van der Waals surface area contributed by atoms with Crippen LogP contribution in [0.25, 0.3) is 0 Å². The molecule has 1 fully saturated rings. The summed E-state index contributed by atoms with van der Waals surface area (Å²) >= 11 is 0. The number of hydrogen-bond acceptors (Lipinski definition) is 3. The van der Waals surface area contributed by atoms with Gasteiger partial charge in [-0.2, -0.15) is 0 Å². The second-order valence-electron chi connectivity index (χ2n) is 5.04. The number of rotatable bonds is 2. The molecule has 0 unspecified atom stereocenters. The highest BCUT2D eigenvalue weighted by Gasteiger charge is 2.48. The smallest absolute Gasteiger partial charge is 0.277 e. The van der Waals surface area contributed by atoms with Crippen LogP contribution in [0.3, 0.4) is 0 Å². The van der Waals surface area contributed by atoms with E-state index in [4.69, 9.17) is 0 Å². The quantitative estimate of drug-likeness (QED) is 0.718. The number of nitrogens with one attached hydrogen (secondary N) is 1. The fourth-order valence-corrected chi connectivity index (χ4v) is 1.47. The summed E-state index contributed by atoms with van der Waals surface area (Å²) in [4.78, 5) is 36.3. The summed E-state index contributed by atoms with van der Waals surface area (Å²) in [5.74, 6) is -0.809. The lowest BCUT2D eigenvalue weighted by atomic mass is 9.87. The molecule has 0 saturated carbocycles. The average molecular weight is 226 g/mol. The Kier molecular flexibility index (Phi) is 3.08. The highest BCUT2D eigenvalue weighted by molar-refractivity contribution is 6.18. The molecule has 1 heterocycles. The number of amides is 4. The summed E-state index contributed by atoms with van der Waals surface area (Å²) in [5, 5.41) is 2.21. The van der Waals surface area contributed by atoms with Crippen LogP contribution in [-0.4, -0.2) is 28.8 Å². The van der Waals surface area contributed by atoms with E-state index in [-0.39, 0.29) is 12.0 Å². The van der Waals surface area contributed by atoms with Crippen LogP contribution in [0.1, 0.15) is 34.6 Å². The Morgan fingerprint density at radius 1 is 1.12 bits per heavy atom. The van der Waals surface area contributed by atoms with E-state index in [9.17, 15) is 14.4 Å². The predicted octanol–water partition coefficient (Wildman–Crippen LogP) is 1.14. The lowest BCUT2D eigenvalue weighted by Crippen LogP contribution is -2.64. The predicted molar refractivity (Wildman–Crippen MR) is 58.5 cm³/mol. The summed E-state index contributed by atoms with van der Waals surface area (Å²) in [5.41, 5.74) is -1.17. The van der Waals surface area contributed by atoms with Gasteiger partial charge >= 0.3 is 6.03 Å². The third kappa shape index (κ3) is 1.81. The van der Waals surface area contributed by atoms with Crippen LogP contribution >= 0.6 is 0 Å². The summed E-state index contributed by atoms with van der Waals surface area (Å²) in [6.45, 7) is 8.70. The van der Waals surface area contributed by atoms with E-state index in [0.29, 0.717) is 0 Å². The first-order chi connectivity index (χ1) is 7.19. The van der Waals surface area contributed by atoms with Gasteiger partial charge in [0.15, 0.2) is 0 Å². The largest absolute Gasteiger partial charge is 0.331 e. The Morgan fingerprint density at radius 2 is 1.62 bits per heavy atom. The first kappa shape index (κ1) is 12.7. The molecule has 90 valence electrons. The van der Waals surface area contributed by atoms with Gasteiger partial charge in [0.05, 0.1) is 0 Å². The van der Waals surface area contributed by atoms with Crippen LogP contribution in [0.15, 0.2) is 0 Å². The molecule has 4 amide bonds. The topological polar surface area (TPSA) is 66.5 Å². The van der Waals surface area contributed by atoms with Crippen molar-refractivity contribution in [1.82, 2.24) is 10.2 Å². The highest BCUT2D eigenvalue weighted by Crippen LogP contribution is 2.26. The van der Waals surface area contributed by atoms with Crippen molar-refractivity contribution < 1.29 is 14.4 Å². The van der Waals surface area contributed by atoms with Crippen molar-refractivity contribution in [3.63, 3.8) is 0 Å². The second-order valence-corrected chi connectivity index (χ2v) is 5.04. The Morgan fingerprint density at radius 3 is 2.06 bits per heavy atom. The summed E-state index contributed by atoms with van der Waals surface area (Å²) in [7, 11) is 0. The van der Waals surface area contributed by atoms with E-state index >= 15 is 0 Å². The molecular weight excluding hydrogens is 208 g/mol. The number of imide groups is 2. The average Bonchev–Trinajstić information content (AvgIpc) is 2.15. The van der Waals surface area contributed by atoms with E-state index < -0.39 is 23.3 Å². The summed E-state index contributed by atoms with van der Waals surface area (Å²) in [6.07, 6.45) is 0. The van der Waals surface area contributed by atoms with Gasteiger partial charge in [0.2, 0.25) is 11.8 Å². The molecule has 0 radical (unpaired) electrons. The SMILES string of the molecule is CC(C)[C@@H](C)N1C(=O)NC(=O)C(C)(C)C1=O. The Hall–Kier alpha value is -1.39. The van der Waals surface area contributed by atoms with Gasteiger partial charge in [0, 0.05) is 6.04 Å². The van der Waals surface area contributed by atoms with Crippen LogP contribution in [-0.2, 0) is 9.59 Å². The molecule has 1 atom stereocenters. The minimum Gasteiger partial charge on any atom is -0.277 e. The van der Waals surface area contributed by atoms with Gasteiger partial charge in [0.1, 0.15) is 5.41 Å². The first-order valence-corrected chi connectivity index (χ1v) is 5.38. The van der Waals surface area contributed by atoms with Gasteiger partial charge < -0.3 is 0 Å². The van der Waals surface area contributed by atoms with Crippen LogP contribution in [0.2, 0.25) is 0 Å². The molecule has 1 N–H and O–H groups in total. The third-order valence-corrected chi connectivity index (χ3v) is 3.13. The molecule has 0 spiro atoms. The fourth-order valence-electron chi connectivity index (χ4n) is 1.47. The molecule has 5 nitrogen and oxygen atoms in total. The number of nitrogens with zero attached hydrogens (tertiary/aromatic N) is 1. The van der Waals surface area contributed by atoms with Crippen molar-refractivity contribution in [1.29, 1.82) is 0 Å². The number of barbiturate groups is 1. The van der Waals surface area contributed by atoms with Gasteiger partial charge in [-0.3, -0.25) is 19.8 Å². The van der Waals surface area contributed by atoms with Crippen molar-refractivity contribution in [2.75, 3.05) is 0 Å². The Labute approximate surface area is 95.2 Å². The maximum atomic E-state index is 12.1. The van der Waals surface area contributed by atoms with E-state index in [2.05, 4.69) is 5.32 Å². The Bertz CT molecular complexity index is 347. The number of urea groups is 1. The molecule has 0 aliphatic carbocycles. The third-order valence-electron chi connectivity index (χ3n) is 3.13. The molecule has 1 saturated heterocycles. The monoisotopic (exact) mass is 226 g/mol. The second kappa shape index (κ2) is 3.88. The van der Waals surface area contributed by atoms with E-state index in [1.165, 1.54) is 13.8 Å².